The molecular weight excluding hydrogens is 533 g/mol. The van der Waals surface area contributed by atoms with Gasteiger partial charge in [-0.25, -0.2) is 4.79 Å². The molecule has 0 aliphatic heterocycles. The van der Waals surface area contributed by atoms with Crippen LogP contribution in [0.4, 0.5) is 5.82 Å². The fraction of sp³-hybridized carbons (Fsp3) is 0.862. The molecule has 0 aromatic carbocycles. The molecule has 1 aromatic heterocycles. The van der Waals surface area contributed by atoms with Gasteiger partial charge >= 0.3 is 13.3 Å². The number of rotatable bonds is 28. The average molecular weight is 590 g/mol. The van der Waals surface area contributed by atoms with Crippen LogP contribution in [0.25, 0.3) is 0 Å². The summed E-state index contributed by atoms with van der Waals surface area (Å²) in [4.78, 5) is 25.6. The lowest BCUT2D eigenvalue weighted by Gasteiger charge is -2.20. The molecule has 0 saturated carbocycles. The van der Waals surface area contributed by atoms with Gasteiger partial charge in [0.05, 0.1) is 32.5 Å². The summed E-state index contributed by atoms with van der Waals surface area (Å²) < 4.78 is 34.8. The summed E-state index contributed by atoms with van der Waals surface area (Å²) in [6, 6.07) is 1.49. The maximum absolute atomic E-state index is 12.3. The van der Waals surface area contributed by atoms with E-state index in [-0.39, 0.29) is 32.2 Å². The van der Waals surface area contributed by atoms with Crippen LogP contribution in [0.2, 0.25) is 0 Å². The lowest BCUT2D eigenvalue weighted by atomic mass is 10.0. The Balaban J connectivity index is 1.97. The molecule has 1 heterocycles. The van der Waals surface area contributed by atoms with Crippen molar-refractivity contribution in [2.75, 3.05) is 45.6 Å². The second-order valence-corrected chi connectivity index (χ2v) is 12.3. The Morgan fingerprint density at radius 2 is 1.45 bits per heavy atom. The van der Waals surface area contributed by atoms with E-state index in [0.717, 1.165) is 12.8 Å². The van der Waals surface area contributed by atoms with Crippen LogP contribution in [-0.4, -0.2) is 60.4 Å². The normalized spacial score (nSPS) is 13.9. The van der Waals surface area contributed by atoms with Crippen molar-refractivity contribution in [3.8, 4) is 0 Å². The minimum atomic E-state index is -3.97. The van der Waals surface area contributed by atoms with E-state index in [4.69, 9.17) is 24.5 Å². The SMILES string of the molecule is CCCCCCCCCCCCCCCCCCOCCOP(=O)(O)COC(COC)Cn1ccc(N)nc1=O. The van der Waals surface area contributed by atoms with Crippen molar-refractivity contribution in [2.45, 2.75) is 122 Å². The highest BCUT2D eigenvalue weighted by molar-refractivity contribution is 7.52. The van der Waals surface area contributed by atoms with E-state index in [0.29, 0.717) is 6.61 Å². The van der Waals surface area contributed by atoms with Crippen molar-refractivity contribution >= 4 is 13.4 Å². The number of nitrogens with zero attached hydrogens (tertiary/aromatic N) is 2. The number of hydrogen-bond acceptors (Lipinski definition) is 8. The third-order valence-electron chi connectivity index (χ3n) is 6.78. The molecule has 1 aromatic rings. The molecule has 0 aliphatic rings. The fourth-order valence-corrected chi connectivity index (χ4v) is 5.30. The van der Waals surface area contributed by atoms with Crippen molar-refractivity contribution in [1.82, 2.24) is 9.55 Å². The lowest BCUT2D eigenvalue weighted by molar-refractivity contribution is 0.0000723. The standard InChI is InChI=1S/C29H56N3O7P/c1-3-4-5-6-7-8-9-10-11-12-13-14-15-16-17-18-21-37-22-23-39-40(34,35)26-38-27(25-36-2)24-32-20-19-28(30)31-29(32)33/h19-20,27H,3-18,21-26H2,1-2H3,(H,34,35)(H2,30,31,33). The highest BCUT2D eigenvalue weighted by Gasteiger charge is 2.23. The van der Waals surface area contributed by atoms with Gasteiger partial charge in [0, 0.05) is 19.9 Å². The number of nitrogens with two attached hydrogens (primary N) is 1. The van der Waals surface area contributed by atoms with Gasteiger partial charge in [-0.3, -0.25) is 9.13 Å². The number of unbranched alkanes of at least 4 members (excludes halogenated alkanes) is 15. The lowest BCUT2D eigenvalue weighted by Crippen LogP contribution is -2.32. The third kappa shape index (κ3) is 20.6. The average Bonchev–Trinajstić information content (AvgIpc) is 2.92. The first-order chi connectivity index (χ1) is 19.4. The molecule has 0 aliphatic carbocycles. The molecule has 0 saturated heterocycles. The van der Waals surface area contributed by atoms with Crippen molar-refractivity contribution in [1.29, 1.82) is 0 Å². The van der Waals surface area contributed by atoms with E-state index < -0.39 is 25.7 Å². The predicted octanol–water partition coefficient (Wildman–Crippen LogP) is 6.29. The van der Waals surface area contributed by atoms with E-state index in [2.05, 4.69) is 11.9 Å². The molecule has 40 heavy (non-hydrogen) atoms. The first-order valence-electron chi connectivity index (χ1n) is 15.4. The highest BCUT2D eigenvalue weighted by atomic mass is 31.2. The Morgan fingerprint density at radius 3 is 1.98 bits per heavy atom. The minimum Gasteiger partial charge on any atom is -0.383 e. The highest BCUT2D eigenvalue weighted by Crippen LogP contribution is 2.41. The zero-order valence-corrected chi connectivity index (χ0v) is 26.0. The Morgan fingerprint density at radius 1 is 0.900 bits per heavy atom. The molecule has 10 nitrogen and oxygen atoms in total. The Labute approximate surface area is 241 Å². The summed E-state index contributed by atoms with van der Waals surface area (Å²) >= 11 is 0. The van der Waals surface area contributed by atoms with Gasteiger partial charge in [-0.05, 0) is 12.5 Å². The number of anilines is 1. The maximum Gasteiger partial charge on any atom is 0.353 e. The Bertz CT molecular complexity index is 840. The number of nitrogen functional groups attached to an aromatic ring is 1. The molecule has 234 valence electrons. The zero-order valence-electron chi connectivity index (χ0n) is 25.1. The first kappa shape index (κ1) is 36.7. The summed E-state index contributed by atoms with van der Waals surface area (Å²) in [6.45, 7) is 3.36. The molecule has 0 spiro atoms. The van der Waals surface area contributed by atoms with Crippen LogP contribution >= 0.6 is 7.60 Å². The van der Waals surface area contributed by atoms with Crippen LogP contribution in [0.5, 0.6) is 0 Å². The molecule has 2 unspecified atom stereocenters. The first-order valence-corrected chi connectivity index (χ1v) is 17.1. The summed E-state index contributed by atoms with van der Waals surface area (Å²) in [7, 11) is -2.49. The summed E-state index contributed by atoms with van der Waals surface area (Å²) in [5.41, 5.74) is 4.97. The molecule has 3 N–H and O–H groups in total. The Hall–Kier alpha value is -1.29. The van der Waals surface area contributed by atoms with Crippen molar-refractivity contribution in [3.05, 3.63) is 22.7 Å². The van der Waals surface area contributed by atoms with E-state index in [9.17, 15) is 14.3 Å². The van der Waals surface area contributed by atoms with E-state index in [1.54, 1.807) is 0 Å². The zero-order chi connectivity index (χ0) is 29.3. The molecule has 2 atom stereocenters. The van der Waals surface area contributed by atoms with Crippen LogP contribution < -0.4 is 11.4 Å². The molecule has 1 rings (SSSR count). The van der Waals surface area contributed by atoms with Crippen LogP contribution in [0, 0.1) is 0 Å². The minimum absolute atomic E-state index is 0.00623. The van der Waals surface area contributed by atoms with Crippen molar-refractivity contribution in [2.24, 2.45) is 0 Å². The fourth-order valence-electron chi connectivity index (χ4n) is 4.47. The number of methoxy groups -OCH3 is 1. The smallest absolute Gasteiger partial charge is 0.353 e. The van der Waals surface area contributed by atoms with E-state index >= 15 is 0 Å². The van der Waals surface area contributed by atoms with Gasteiger partial charge in [-0.2, -0.15) is 4.98 Å². The van der Waals surface area contributed by atoms with Crippen LogP contribution in [0.15, 0.2) is 17.1 Å². The van der Waals surface area contributed by atoms with Crippen LogP contribution in [0.1, 0.15) is 110 Å². The molecule has 11 heteroatoms. The van der Waals surface area contributed by atoms with Crippen LogP contribution in [-0.2, 0) is 29.8 Å². The number of aromatic nitrogens is 2. The molecule has 0 radical (unpaired) electrons. The van der Waals surface area contributed by atoms with Gasteiger partial charge in [-0.15, -0.1) is 0 Å². The largest absolute Gasteiger partial charge is 0.383 e. The summed E-state index contributed by atoms with van der Waals surface area (Å²) in [5, 5.41) is 0. The topological polar surface area (TPSA) is 135 Å². The molecule has 0 amide bonds. The summed E-state index contributed by atoms with van der Waals surface area (Å²) in [6.07, 6.45) is 21.6. The quantitative estimate of drug-likeness (QED) is 0.0853. The van der Waals surface area contributed by atoms with Gasteiger partial charge < -0.3 is 29.4 Å². The monoisotopic (exact) mass is 589 g/mol. The predicted molar refractivity (Wildman–Crippen MR) is 161 cm³/mol. The Kier molecular flexibility index (Phi) is 22.3. The van der Waals surface area contributed by atoms with Gasteiger partial charge in [-0.1, -0.05) is 103 Å². The van der Waals surface area contributed by atoms with E-state index in [1.807, 2.05) is 0 Å². The van der Waals surface area contributed by atoms with Gasteiger partial charge in [0.1, 0.15) is 12.2 Å². The molecule has 0 bridgehead atoms. The van der Waals surface area contributed by atoms with Gasteiger partial charge in [0.25, 0.3) is 0 Å². The number of ether oxygens (including phenoxy) is 3. The van der Waals surface area contributed by atoms with Crippen molar-refractivity contribution in [3.63, 3.8) is 0 Å². The molecular formula is C29H56N3O7P. The number of hydrogen-bond donors (Lipinski definition) is 2. The van der Waals surface area contributed by atoms with Crippen LogP contribution in [0.3, 0.4) is 0 Å². The second kappa shape index (κ2) is 24.3. The molecule has 0 fully saturated rings. The van der Waals surface area contributed by atoms with E-state index in [1.165, 1.54) is 114 Å². The van der Waals surface area contributed by atoms with Gasteiger partial charge in [0.15, 0.2) is 0 Å². The second-order valence-electron chi connectivity index (χ2n) is 10.5. The summed E-state index contributed by atoms with van der Waals surface area (Å²) in [5.74, 6) is 0.121. The van der Waals surface area contributed by atoms with Crippen molar-refractivity contribution < 1.29 is 28.2 Å². The maximum atomic E-state index is 12.3. The third-order valence-corrected chi connectivity index (χ3v) is 7.85. The van der Waals surface area contributed by atoms with Gasteiger partial charge in [0.2, 0.25) is 0 Å².